The van der Waals surface area contributed by atoms with Crippen LogP contribution in [0, 0.1) is 5.82 Å². The van der Waals surface area contributed by atoms with E-state index >= 15 is 0 Å². The summed E-state index contributed by atoms with van der Waals surface area (Å²) in [4.78, 5) is 3.43. The Morgan fingerprint density at radius 3 is 2.07 bits per heavy atom. The molecule has 0 saturated carbocycles. The molecule has 158 valence electrons. The first-order valence-electron chi connectivity index (χ1n) is 8.65. The van der Waals surface area contributed by atoms with E-state index in [1.807, 2.05) is 0 Å². The number of nitrogens with two attached hydrogens (primary N) is 1. The van der Waals surface area contributed by atoms with Crippen LogP contribution in [0.3, 0.4) is 0 Å². The Morgan fingerprint density at radius 1 is 1.00 bits per heavy atom. The predicted octanol–water partition coefficient (Wildman–Crippen LogP) is 4.62. The Hall–Kier alpha value is -2.98. The summed E-state index contributed by atoms with van der Waals surface area (Å²) in [5, 5.41) is 5.08. The Morgan fingerprint density at radius 2 is 1.57 bits per heavy atom. The first-order valence-corrected chi connectivity index (χ1v) is 10.2. The number of rotatable bonds is 5. The van der Waals surface area contributed by atoms with Gasteiger partial charge in [0.2, 0.25) is 15.9 Å². The van der Waals surface area contributed by atoms with Gasteiger partial charge in [0.1, 0.15) is 5.82 Å². The first-order chi connectivity index (χ1) is 14.0. The molecule has 0 spiro atoms. The number of halogens is 4. The van der Waals surface area contributed by atoms with Crippen LogP contribution in [0.2, 0.25) is 0 Å². The first kappa shape index (κ1) is 21.7. The van der Waals surface area contributed by atoms with Crippen molar-refractivity contribution >= 4 is 10.0 Å². The van der Waals surface area contributed by atoms with Crippen molar-refractivity contribution in [2.75, 3.05) is 6.61 Å². The highest BCUT2D eigenvalue weighted by Gasteiger charge is 2.38. The van der Waals surface area contributed by atoms with Gasteiger partial charge in [-0.1, -0.05) is 24.3 Å². The quantitative estimate of drug-likeness (QED) is 0.587. The lowest BCUT2D eigenvalue weighted by Gasteiger charge is -2.19. The molecule has 2 aromatic carbocycles. The Bertz CT molecular complexity index is 1160. The van der Waals surface area contributed by atoms with Crippen molar-refractivity contribution in [2.45, 2.75) is 18.0 Å². The minimum absolute atomic E-state index is 0.0873. The molecule has 0 bridgehead atoms. The van der Waals surface area contributed by atoms with Crippen molar-refractivity contribution in [3.8, 4) is 28.1 Å². The molecule has 0 aliphatic carbocycles. The molecule has 0 amide bonds. The van der Waals surface area contributed by atoms with Crippen LogP contribution < -0.4 is 9.88 Å². The van der Waals surface area contributed by atoms with Crippen LogP contribution >= 0.6 is 0 Å². The van der Waals surface area contributed by atoms with Crippen LogP contribution in [0.4, 0.5) is 17.6 Å². The van der Waals surface area contributed by atoms with Crippen molar-refractivity contribution in [3.05, 3.63) is 66.1 Å². The number of ether oxygens (including phenoxy) is 1. The monoisotopic (exact) mass is 440 g/mol. The third kappa shape index (κ3) is 4.60. The zero-order valence-corrected chi connectivity index (χ0v) is 16.4. The normalized spacial score (nSPS) is 12.1. The summed E-state index contributed by atoms with van der Waals surface area (Å²) >= 11 is 0. The molecule has 1 aromatic heterocycles. The molecule has 0 atom stereocenters. The zero-order chi connectivity index (χ0) is 22.1. The van der Waals surface area contributed by atoms with Crippen molar-refractivity contribution in [3.63, 3.8) is 0 Å². The van der Waals surface area contributed by atoms with Gasteiger partial charge in [0.15, 0.2) is 5.69 Å². The van der Waals surface area contributed by atoms with E-state index in [4.69, 9.17) is 9.88 Å². The van der Waals surface area contributed by atoms with Crippen LogP contribution in [-0.2, 0) is 16.2 Å². The molecule has 2 N–H and O–H groups in total. The van der Waals surface area contributed by atoms with E-state index in [-0.39, 0.29) is 39.6 Å². The Balaban J connectivity index is 2.33. The summed E-state index contributed by atoms with van der Waals surface area (Å²) in [5.41, 5.74) is -1.03. The smallest absolute Gasteiger partial charge is 0.434 e. The molecule has 0 saturated heterocycles. The van der Waals surface area contributed by atoms with E-state index in [2.05, 4.69) is 4.98 Å². The summed E-state index contributed by atoms with van der Waals surface area (Å²) in [7, 11) is -3.98. The molecule has 5 nitrogen and oxygen atoms in total. The minimum Gasteiger partial charge on any atom is -0.478 e. The van der Waals surface area contributed by atoms with Gasteiger partial charge in [-0.25, -0.2) is 22.9 Å². The maximum Gasteiger partial charge on any atom is 0.434 e. The highest BCUT2D eigenvalue weighted by molar-refractivity contribution is 7.89. The van der Waals surface area contributed by atoms with Gasteiger partial charge in [0, 0.05) is 11.6 Å². The highest BCUT2D eigenvalue weighted by atomic mass is 32.2. The van der Waals surface area contributed by atoms with E-state index in [0.717, 1.165) is 12.1 Å². The number of benzene rings is 2. The molecule has 0 unspecified atom stereocenters. The number of hydrogen-bond acceptors (Lipinski definition) is 4. The highest BCUT2D eigenvalue weighted by Crippen LogP contribution is 2.43. The third-order valence-corrected chi connectivity index (χ3v) is 5.11. The molecule has 10 heteroatoms. The molecular formula is C20H16F4N2O3S. The molecule has 0 aliphatic heterocycles. The summed E-state index contributed by atoms with van der Waals surface area (Å²) in [6, 6.07) is 10.9. The van der Waals surface area contributed by atoms with Gasteiger partial charge in [-0.3, -0.25) is 0 Å². The number of aromatic nitrogens is 1. The molecule has 3 rings (SSSR count). The van der Waals surface area contributed by atoms with E-state index in [1.54, 1.807) is 6.92 Å². The molecule has 3 aromatic rings. The van der Waals surface area contributed by atoms with Crippen LogP contribution in [-0.4, -0.2) is 20.0 Å². The van der Waals surface area contributed by atoms with E-state index in [9.17, 15) is 26.0 Å². The fourth-order valence-electron chi connectivity index (χ4n) is 2.91. The summed E-state index contributed by atoms with van der Waals surface area (Å²) in [6.07, 6.45) is -4.83. The summed E-state index contributed by atoms with van der Waals surface area (Å²) < 4.78 is 83.1. The average molecular weight is 440 g/mol. The fraction of sp³-hybridized carbons (Fsp3) is 0.150. The number of hydrogen-bond donors (Lipinski definition) is 1. The predicted molar refractivity (Wildman–Crippen MR) is 103 cm³/mol. The minimum atomic E-state index is -4.83. The Kier molecular flexibility index (Phi) is 5.82. The van der Waals surface area contributed by atoms with E-state index < -0.39 is 27.7 Å². The van der Waals surface area contributed by atoms with Crippen molar-refractivity contribution in [2.24, 2.45) is 5.14 Å². The second-order valence-electron chi connectivity index (χ2n) is 6.24. The van der Waals surface area contributed by atoms with Gasteiger partial charge in [0.25, 0.3) is 0 Å². The van der Waals surface area contributed by atoms with Crippen LogP contribution in [0.25, 0.3) is 22.3 Å². The number of nitrogens with zero attached hydrogens (tertiary/aromatic N) is 1. The molecule has 0 fully saturated rings. The maximum absolute atomic E-state index is 13.9. The van der Waals surface area contributed by atoms with Crippen LogP contribution in [0.1, 0.15) is 12.6 Å². The number of sulfonamides is 1. The standard InChI is InChI=1S/C20H16F4N2O3S/c1-2-29-17-11-16(12-5-9-15(10-6-12)30(25,27)28)18(19(26-17)20(22,23)24)13-3-7-14(21)8-4-13/h3-11H,2H2,1H3,(H2,25,27,28). The Labute approximate surface area is 170 Å². The number of primary sulfonamides is 1. The summed E-state index contributed by atoms with van der Waals surface area (Å²) in [6.45, 7) is 1.69. The third-order valence-electron chi connectivity index (χ3n) is 4.18. The molecule has 30 heavy (non-hydrogen) atoms. The molecule has 1 heterocycles. The van der Waals surface area contributed by atoms with Gasteiger partial charge in [0.05, 0.1) is 11.5 Å². The van der Waals surface area contributed by atoms with Gasteiger partial charge < -0.3 is 4.74 Å². The molecule has 0 aliphatic rings. The van der Waals surface area contributed by atoms with Gasteiger partial charge >= 0.3 is 6.18 Å². The maximum atomic E-state index is 13.9. The van der Waals surface area contributed by atoms with Crippen LogP contribution in [0.5, 0.6) is 5.88 Å². The zero-order valence-electron chi connectivity index (χ0n) is 15.6. The van der Waals surface area contributed by atoms with Gasteiger partial charge in [-0.05, 0) is 47.9 Å². The van der Waals surface area contributed by atoms with Crippen molar-refractivity contribution < 1.29 is 30.7 Å². The number of alkyl halides is 3. The average Bonchev–Trinajstić information content (AvgIpc) is 2.67. The van der Waals surface area contributed by atoms with E-state index in [1.165, 1.54) is 42.5 Å². The van der Waals surface area contributed by atoms with E-state index in [0.29, 0.717) is 0 Å². The summed E-state index contributed by atoms with van der Waals surface area (Å²) in [5.74, 6) is -0.855. The fourth-order valence-corrected chi connectivity index (χ4v) is 3.42. The molecule has 0 radical (unpaired) electrons. The van der Waals surface area contributed by atoms with Crippen LogP contribution in [0.15, 0.2) is 59.5 Å². The lowest BCUT2D eigenvalue weighted by atomic mass is 9.93. The SMILES string of the molecule is CCOc1cc(-c2ccc(S(N)(=O)=O)cc2)c(-c2ccc(F)cc2)c(C(F)(F)F)n1. The van der Waals surface area contributed by atoms with Crippen molar-refractivity contribution in [1.82, 2.24) is 4.98 Å². The second kappa shape index (κ2) is 8.04. The largest absolute Gasteiger partial charge is 0.478 e. The molecular weight excluding hydrogens is 424 g/mol. The van der Waals surface area contributed by atoms with Gasteiger partial charge in [-0.15, -0.1) is 0 Å². The van der Waals surface area contributed by atoms with Gasteiger partial charge in [-0.2, -0.15) is 13.2 Å². The topological polar surface area (TPSA) is 82.3 Å². The lowest BCUT2D eigenvalue weighted by Crippen LogP contribution is -2.13. The van der Waals surface area contributed by atoms with Crippen molar-refractivity contribution in [1.29, 1.82) is 0 Å². The second-order valence-corrected chi connectivity index (χ2v) is 7.80. The lowest BCUT2D eigenvalue weighted by molar-refractivity contribution is -0.140. The number of pyridine rings is 1.